The Morgan fingerprint density at radius 3 is 0.480 bits per heavy atom. The maximum Gasteiger partial charge on any atom is 3.00 e. The third-order valence-corrected chi connectivity index (χ3v) is 2.55. The average Bonchev–Trinajstić information content (AvgIpc) is 2.08. The minimum Gasteiger partial charge on any atom is -0.741 e. The standard InChI is InChI=1S/3CHF3O3S.Dy/c3*2-1(3,4)8(5,6)7;/h3*(H,5,6,7);/q;;;+3/p-3. The molecule has 0 unspecified atom stereocenters. The minimum atomic E-state index is -6.09. The molecule has 0 heterocycles. The Morgan fingerprint density at radius 1 is 0.440 bits per heavy atom. The molecule has 0 aliphatic heterocycles. The van der Waals surface area contributed by atoms with Crippen molar-refractivity contribution in [3.63, 3.8) is 0 Å². The van der Waals surface area contributed by atoms with Gasteiger partial charge < -0.3 is 13.7 Å². The molecule has 0 atom stereocenters. The second-order valence-corrected chi connectivity index (χ2v) is 6.81. The van der Waals surface area contributed by atoms with Crippen molar-refractivity contribution < 1.29 is 117 Å². The first-order valence-electron chi connectivity index (χ1n) is 3.81. The molecular formula is C3DyF9O9S3. The first kappa shape index (κ1) is 33.0. The van der Waals surface area contributed by atoms with E-state index in [1.807, 2.05) is 0 Å². The van der Waals surface area contributed by atoms with Gasteiger partial charge >= 0.3 is 54.7 Å². The second-order valence-electron chi connectivity index (χ2n) is 2.70. The molecule has 0 saturated carbocycles. The van der Waals surface area contributed by atoms with E-state index in [4.69, 9.17) is 38.9 Å². The van der Waals surface area contributed by atoms with E-state index in [1.54, 1.807) is 0 Å². The topological polar surface area (TPSA) is 172 Å². The Bertz CT molecular complexity index is 596. The molecule has 157 valence electrons. The van der Waals surface area contributed by atoms with Crippen molar-refractivity contribution in [3.05, 3.63) is 0 Å². The molecule has 9 nitrogen and oxygen atoms in total. The van der Waals surface area contributed by atoms with Gasteiger partial charge in [0, 0.05) is 0 Å². The van der Waals surface area contributed by atoms with E-state index in [0.29, 0.717) is 0 Å². The van der Waals surface area contributed by atoms with Crippen molar-refractivity contribution in [2.75, 3.05) is 0 Å². The Labute approximate surface area is 162 Å². The zero-order chi connectivity index (χ0) is 21.0. The molecule has 0 bridgehead atoms. The van der Waals surface area contributed by atoms with Crippen LogP contribution < -0.4 is 0 Å². The maximum atomic E-state index is 10.7. The van der Waals surface area contributed by atoms with Crippen molar-refractivity contribution in [2.24, 2.45) is 0 Å². The van der Waals surface area contributed by atoms with Crippen LogP contribution in [-0.4, -0.2) is 55.4 Å². The van der Waals surface area contributed by atoms with Crippen molar-refractivity contribution in [1.29, 1.82) is 0 Å². The Hall–Kier alpha value is 0.373. The van der Waals surface area contributed by atoms with Gasteiger partial charge in [-0.25, -0.2) is 25.3 Å². The summed E-state index contributed by atoms with van der Waals surface area (Å²) in [7, 11) is -18.3. The summed E-state index contributed by atoms with van der Waals surface area (Å²) in [6, 6.07) is 0. The van der Waals surface area contributed by atoms with Crippen LogP contribution in [0.25, 0.3) is 0 Å². The largest absolute Gasteiger partial charge is 3.00 e. The normalized spacial score (nSPS) is 13.4. The van der Waals surface area contributed by atoms with E-state index < -0.39 is 46.9 Å². The summed E-state index contributed by atoms with van der Waals surface area (Å²) >= 11 is 0. The Morgan fingerprint density at radius 2 is 0.480 bits per heavy atom. The third kappa shape index (κ3) is 16.3. The van der Waals surface area contributed by atoms with Gasteiger partial charge in [-0.05, 0) is 0 Å². The fourth-order valence-electron chi connectivity index (χ4n) is 0. The average molecular weight is 610 g/mol. The fraction of sp³-hybridized carbons (Fsp3) is 1.00. The zero-order valence-corrected chi connectivity index (χ0v) is 14.6. The predicted molar refractivity (Wildman–Crippen MR) is 47.3 cm³/mol. The summed E-state index contributed by atoms with van der Waals surface area (Å²) in [6.45, 7) is 0. The van der Waals surface area contributed by atoms with Gasteiger partial charge in [0.15, 0.2) is 30.4 Å². The molecular weight excluding hydrogens is 610 g/mol. The molecule has 0 N–H and O–H groups in total. The smallest absolute Gasteiger partial charge is 0.741 e. The number of hydrogen-bond acceptors (Lipinski definition) is 9. The summed E-state index contributed by atoms with van der Waals surface area (Å²) in [4.78, 5) is 0. The van der Waals surface area contributed by atoms with Gasteiger partial charge in [-0.1, -0.05) is 0 Å². The maximum absolute atomic E-state index is 10.7. The van der Waals surface area contributed by atoms with Gasteiger partial charge in [0.2, 0.25) is 0 Å². The zero-order valence-electron chi connectivity index (χ0n) is 10.1. The second kappa shape index (κ2) is 10.1. The number of alkyl halides is 9. The SMILES string of the molecule is O=S(=O)([O-])C(F)(F)F.O=S(=O)([O-])C(F)(F)F.O=S(=O)([O-])C(F)(F)F.[Dy+3]. The van der Waals surface area contributed by atoms with Gasteiger partial charge in [0.05, 0.1) is 0 Å². The first-order chi connectivity index (χ1) is 9.75. The quantitative estimate of drug-likeness (QED) is 0.211. The van der Waals surface area contributed by atoms with Gasteiger partial charge in [-0.15, -0.1) is 0 Å². The molecule has 22 heteroatoms. The van der Waals surface area contributed by atoms with Crippen LogP contribution in [0.2, 0.25) is 0 Å². The van der Waals surface area contributed by atoms with Gasteiger partial charge in [-0.2, -0.15) is 39.5 Å². The molecule has 0 aromatic rings. The van der Waals surface area contributed by atoms with Gasteiger partial charge in [-0.3, -0.25) is 0 Å². The number of rotatable bonds is 0. The molecule has 0 rings (SSSR count). The van der Waals surface area contributed by atoms with Gasteiger partial charge in [0.25, 0.3) is 0 Å². The van der Waals surface area contributed by atoms with Crippen molar-refractivity contribution in [2.45, 2.75) is 16.5 Å². The molecule has 0 aromatic heterocycles. The monoisotopic (exact) mass is 611 g/mol. The van der Waals surface area contributed by atoms with Crippen molar-refractivity contribution in [1.82, 2.24) is 0 Å². The molecule has 0 saturated heterocycles. The molecule has 0 aliphatic carbocycles. The van der Waals surface area contributed by atoms with Crippen LogP contribution in [0.1, 0.15) is 0 Å². The molecule has 0 aliphatic rings. The van der Waals surface area contributed by atoms with E-state index in [-0.39, 0.29) is 38.2 Å². The first-order valence-corrected chi connectivity index (χ1v) is 8.04. The summed E-state index contributed by atoms with van der Waals surface area (Å²) in [5.74, 6) is 0. The van der Waals surface area contributed by atoms with E-state index in [0.717, 1.165) is 0 Å². The summed E-state index contributed by atoms with van der Waals surface area (Å²) in [5, 5.41) is 0. The van der Waals surface area contributed by atoms with Crippen LogP contribution in [-0.2, 0) is 30.4 Å². The number of halogens is 9. The summed E-state index contributed by atoms with van der Waals surface area (Å²) < 4.78 is 177. The predicted octanol–water partition coefficient (Wildman–Crippen LogP) is 0.154. The van der Waals surface area contributed by atoms with Crippen LogP contribution in [0.5, 0.6) is 0 Å². The molecule has 0 amide bonds. The van der Waals surface area contributed by atoms with Crippen LogP contribution in [0.3, 0.4) is 0 Å². The number of hydrogen-bond donors (Lipinski definition) is 0. The molecule has 25 heavy (non-hydrogen) atoms. The van der Waals surface area contributed by atoms with Crippen LogP contribution in [0, 0.1) is 38.2 Å². The van der Waals surface area contributed by atoms with E-state index >= 15 is 0 Å². The molecule has 0 aromatic carbocycles. The van der Waals surface area contributed by atoms with E-state index in [9.17, 15) is 39.5 Å². The fourth-order valence-corrected chi connectivity index (χ4v) is 0. The van der Waals surface area contributed by atoms with Gasteiger partial charge in [0.1, 0.15) is 0 Å². The van der Waals surface area contributed by atoms with Crippen molar-refractivity contribution in [3.8, 4) is 0 Å². The summed E-state index contributed by atoms with van der Waals surface area (Å²) in [6.07, 6.45) is 0. The van der Waals surface area contributed by atoms with E-state index in [2.05, 4.69) is 0 Å². The van der Waals surface area contributed by atoms with Crippen molar-refractivity contribution >= 4 is 30.4 Å². The Kier molecular flexibility index (Phi) is 13.3. The summed E-state index contributed by atoms with van der Waals surface area (Å²) in [5.41, 5.74) is -16.9. The molecule has 0 fully saturated rings. The minimum absolute atomic E-state index is 0. The van der Waals surface area contributed by atoms with Crippen LogP contribution in [0.15, 0.2) is 0 Å². The third-order valence-electron chi connectivity index (χ3n) is 0.850. The Balaban J connectivity index is -0.000000130. The molecule has 0 spiro atoms. The van der Waals surface area contributed by atoms with Crippen LogP contribution >= 0.6 is 0 Å². The van der Waals surface area contributed by atoms with E-state index in [1.165, 1.54) is 0 Å². The molecule has 1 radical (unpaired) electrons. The van der Waals surface area contributed by atoms with Crippen LogP contribution in [0.4, 0.5) is 39.5 Å².